The molecule has 0 radical (unpaired) electrons. The quantitative estimate of drug-likeness (QED) is 0.531. The number of anilines is 1. The van der Waals surface area contributed by atoms with Gasteiger partial charge in [-0.1, -0.05) is 11.6 Å². The summed E-state index contributed by atoms with van der Waals surface area (Å²) in [6.07, 6.45) is -2.29. The molecule has 5 N–H and O–H groups in total. The molecule has 1 aliphatic rings. The van der Waals surface area contributed by atoms with E-state index in [1.807, 2.05) is 0 Å². The summed E-state index contributed by atoms with van der Waals surface area (Å²) in [6.45, 7) is 0. The average molecular weight is 300 g/mol. The standard InChI is InChI=1S/C10H10ClN5O4/c11-1-3-5(17)6(18)9(20-3)16-2-13-4-7(16)14-10(12)15-8(4)19/h1-2,5-6,9,17-18H,(H3,12,14,15,19)/b3-1+/t5?,6?,9-/m1/s1. The number of aliphatic hydroxyl groups excluding tert-OH is 2. The molecule has 1 saturated heterocycles. The van der Waals surface area contributed by atoms with Gasteiger partial charge in [0.2, 0.25) is 12.2 Å². The van der Waals surface area contributed by atoms with Crippen molar-refractivity contribution in [3.05, 3.63) is 28.0 Å². The van der Waals surface area contributed by atoms with Gasteiger partial charge in [-0.05, 0) is 0 Å². The summed E-state index contributed by atoms with van der Waals surface area (Å²) in [6, 6.07) is 0. The summed E-state index contributed by atoms with van der Waals surface area (Å²) in [5, 5.41) is 19.7. The highest BCUT2D eigenvalue weighted by atomic mass is 35.5. The van der Waals surface area contributed by atoms with E-state index in [0.717, 1.165) is 5.54 Å². The van der Waals surface area contributed by atoms with E-state index in [1.165, 1.54) is 10.9 Å². The maximum Gasteiger partial charge on any atom is 0.280 e. The van der Waals surface area contributed by atoms with Crippen LogP contribution in [0.1, 0.15) is 6.23 Å². The van der Waals surface area contributed by atoms with Crippen molar-refractivity contribution in [3.63, 3.8) is 0 Å². The zero-order chi connectivity index (χ0) is 14.4. The molecule has 2 aromatic rings. The number of aromatic nitrogens is 4. The summed E-state index contributed by atoms with van der Waals surface area (Å²) in [5.74, 6) is -0.0748. The third-order valence-electron chi connectivity index (χ3n) is 3.00. The first-order chi connectivity index (χ1) is 9.52. The Balaban J connectivity index is 2.14. The van der Waals surface area contributed by atoms with Gasteiger partial charge in [0, 0.05) is 5.54 Å². The molecule has 0 aliphatic carbocycles. The Hall–Kier alpha value is -2.10. The Morgan fingerprint density at radius 1 is 1.55 bits per heavy atom. The second-order valence-electron chi connectivity index (χ2n) is 4.23. The van der Waals surface area contributed by atoms with Crippen LogP contribution in [0.3, 0.4) is 0 Å². The molecule has 3 atom stereocenters. The van der Waals surface area contributed by atoms with Gasteiger partial charge in [-0.15, -0.1) is 0 Å². The number of rotatable bonds is 1. The molecule has 106 valence electrons. The van der Waals surface area contributed by atoms with Crippen LogP contribution in [0.5, 0.6) is 0 Å². The van der Waals surface area contributed by atoms with E-state index in [4.69, 9.17) is 22.1 Å². The van der Waals surface area contributed by atoms with Crippen molar-refractivity contribution < 1.29 is 14.9 Å². The van der Waals surface area contributed by atoms with Crippen molar-refractivity contribution in [2.24, 2.45) is 0 Å². The van der Waals surface area contributed by atoms with Gasteiger partial charge >= 0.3 is 0 Å². The molecule has 20 heavy (non-hydrogen) atoms. The molecule has 0 aromatic carbocycles. The Morgan fingerprint density at radius 2 is 2.30 bits per heavy atom. The zero-order valence-electron chi connectivity index (χ0n) is 9.89. The fourth-order valence-electron chi connectivity index (χ4n) is 2.04. The summed E-state index contributed by atoms with van der Waals surface area (Å²) < 4.78 is 6.63. The normalized spacial score (nSPS) is 28.1. The highest BCUT2D eigenvalue weighted by Gasteiger charge is 2.41. The van der Waals surface area contributed by atoms with Crippen LogP contribution in [-0.4, -0.2) is 41.9 Å². The lowest BCUT2D eigenvalue weighted by Crippen LogP contribution is -2.28. The number of fused-ring (bicyclic) bond motifs is 1. The van der Waals surface area contributed by atoms with E-state index in [9.17, 15) is 15.0 Å². The monoisotopic (exact) mass is 299 g/mol. The molecule has 1 aliphatic heterocycles. The summed E-state index contributed by atoms with van der Waals surface area (Å²) >= 11 is 5.49. The smallest absolute Gasteiger partial charge is 0.280 e. The lowest BCUT2D eigenvalue weighted by molar-refractivity contribution is -0.0118. The molecule has 2 unspecified atom stereocenters. The van der Waals surface area contributed by atoms with Gasteiger partial charge in [0.05, 0.1) is 0 Å². The first-order valence-corrected chi connectivity index (χ1v) is 6.02. The van der Waals surface area contributed by atoms with Crippen LogP contribution in [0.25, 0.3) is 11.2 Å². The summed E-state index contributed by atoms with van der Waals surface area (Å²) in [7, 11) is 0. The zero-order valence-corrected chi connectivity index (χ0v) is 10.7. The predicted molar refractivity (Wildman–Crippen MR) is 68.6 cm³/mol. The molecular formula is C10H10ClN5O4. The van der Waals surface area contributed by atoms with E-state index in [1.54, 1.807) is 0 Å². The number of nitrogens with two attached hydrogens (primary N) is 1. The van der Waals surface area contributed by atoms with Crippen molar-refractivity contribution in [2.45, 2.75) is 18.4 Å². The molecule has 0 amide bonds. The van der Waals surface area contributed by atoms with Gasteiger partial charge in [0.1, 0.15) is 24.3 Å². The van der Waals surface area contributed by atoms with Gasteiger partial charge in [-0.25, -0.2) is 4.98 Å². The van der Waals surface area contributed by atoms with Gasteiger partial charge in [0.15, 0.2) is 11.2 Å². The molecule has 0 saturated carbocycles. The number of nitrogen functional groups attached to an aromatic ring is 1. The van der Waals surface area contributed by atoms with Crippen LogP contribution in [0.15, 0.2) is 22.4 Å². The topological polar surface area (TPSA) is 139 Å². The molecule has 3 heterocycles. The number of ether oxygens (including phenoxy) is 1. The third kappa shape index (κ3) is 1.75. The van der Waals surface area contributed by atoms with Crippen LogP contribution < -0.4 is 11.3 Å². The second-order valence-corrected chi connectivity index (χ2v) is 4.45. The second kappa shape index (κ2) is 4.47. The van der Waals surface area contributed by atoms with Gasteiger partial charge in [-0.3, -0.25) is 14.3 Å². The molecule has 1 fully saturated rings. The van der Waals surface area contributed by atoms with Crippen LogP contribution in [0.4, 0.5) is 5.95 Å². The Bertz CT molecular complexity index is 754. The fraction of sp³-hybridized carbons (Fsp3) is 0.300. The Labute approximate surface area is 116 Å². The van der Waals surface area contributed by atoms with Crippen molar-refractivity contribution in [1.29, 1.82) is 0 Å². The van der Waals surface area contributed by atoms with E-state index in [0.29, 0.717) is 0 Å². The van der Waals surface area contributed by atoms with E-state index in [2.05, 4.69) is 15.0 Å². The predicted octanol–water partition coefficient (Wildman–Crippen LogP) is -0.967. The molecular weight excluding hydrogens is 290 g/mol. The molecule has 2 aromatic heterocycles. The first-order valence-electron chi connectivity index (χ1n) is 5.58. The molecule has 0 bridgehead atoms. The maximum atomic E-state index is 11.7. The minimum absolute atomic E-state index is 0.0174. The van der Waals surface area contributed by atoms with Crippen molar-refractivity contribution >= 4 is 28.7 Å². The lowest BCUT2D eigenvalue weighted by Gasteiger charge is -2.15. The highest BCUT2D eigenvalue weighted by molar-refractivity contribution is 6.25. The van der Waals surface area contributed by atoms with Gasteiger partial charge in [-0.2, -0.15) is 4.98 Å². The minimum Gasteiger partial charge on any atom is -0.468 e. The number of imidazole rings is 1. The number of hydrogen-bond acceptors (Lipinski definition) is 7. The number of halogens is 1. The molecule has 0 spiro atoms. The van der Waals surface area contributed by atoms with Crippen LogP contribution in [0, 0.1) is 0 Å². The Morgan fingerprint density at radius 3 is 2.95 bits per heavy atom. The van der Waals surface area contributed by atoms with E-state index in [-0.39, 0.29) is 22.9 Å². The maximum absolute atomic E-state index is 11.7. The minimum atomic E-state index is -1.28. The summed E-state index contributed by atoms with van der Waals surface area (Å²) in [5.41, 5.74) is 6.18. The molecule has 10 heteroatoms. The van der Waals surface area contributed by atoms with Gasteiger partial charge < -0.3 is 20.7 Å². The number of nitrogens with zero attached hydrogens (tertiary/aromatic N) is 3. The average Bonchev–Trinajstić information content (AvgIpc) is 2.93. The lowest BCUT2D eigenvalue weighted by atomic mass is 10.2. The number of hydrogen-bond donors (Lipinski definition) is 4. The van der Waals surface area contributed by atoms with Gasteiger partial charge in [0.25, 0.3) is 5.56 Å². The number of aromatic amines is 1. The SMILES string of the molecule is Nc1nc2c(ncn2[C@@H]2O/C(=C/Cl)C(O)C2O)c(=O)[nH]1. The summed E-state index contributed by atoms with van der Waals surface area (Å²) in [4.78, 5) is 21.8. The van der Waals surface area contributed by atoms with E-state index < -0.39 is 24.0 Å². The number of nitrogens with one attached hydrogen (secondary N) is 1. The van der Waals surface area contributed by atoms with Crippen molar-refractivity contribution in [3.8, 4) is 0 Å². The third-order valence-corrected chi connectivity index (χ3v) is 3.21. The van der Waals surface area contributed by atoms with E-state index >= 15 is 0 Å². The fourth-order valence-corrected chi connectivity index (χ4v) is 2.22. The van der Waals surface area contributed by atoms with Crippen molar-refractivity contribution in [1.82, 2.24) is 19.5 Å². The highest BCUT2D eigenvalue weighted by Crippen LogP contribution is 2.33. The van der Waals surface area contributed by atoms with Crippen LogP contribution >= 0.6 is 11.6 Å². The first kappa shape index (κ1) is 12.9. The Kier molecular flexibility index (Phi) is 2.89. The van der Waals surface area contributed by atoms with Crippen LogP contribution in [0.2, 0.25) is 0 Å². The number of aliphatic hydroxyl groups is 2. The largest absolute Gasteiger partial charge is 0.468 e. The number of H-pyrrole nitrogens is 1. The van der Waals surface area contributed by atoms with Crippen molar-refractivity contribution in [2.75, 3.05) is 5.73 Å². The molecule has 3 rings (SSSR count). The molecule has 9 nitrogen and oxygen atoms in total. The van der Waals surface area contributed by atoms with Crippen LogP contribution in [-0.2, 0) is 4.74 Å².